The molecule has 184 valence electrons. The molecule has 0 unspecified atom stereocenters. The third-order valence-corrected chi connectivity index (χ3v) is 6.63. The molecule has 1 aromatic heterocycles. The molecule has 1 heterocycles. The second kappa shape index (κ2) is 11.9. The lowest BCUT2D eigenvalue weighted by Crippen LogP contribution is -2.21. The highest BCUT2D eigenvalue weighted by Gasteiger charge is 2.17. The molecule has 0 fully saturated rings. The number of hydrogen-bond donors (Lipinski definition) is 1. The van der Waals surface area contributed by atoms with E-state index in [-0.39, 0.29) is 11.7 Å². The molecule has 1 N–H and O–H groups in total. The largest absolute Gasteiger partial charge is 0.497 e. The molecule has 0 spiro atoms. The predicted octanol–water partition coefficient (Wildman–Crippen LogP) is 5.35. The maximum Gasteiger partial charge on any atom is 0.250 e. The van der Waals surface area contributed by atoms with Crippen LogP contribution in [0.25, 0.3) is 17.1 Å². The van der Waals surface area contributed by atoms with E-state index in [1.807, 2.05) is 71.3 Å². The number of nitrogens with one attached hydrogen (secondary N) is 1. The number of carbonyl (C=O) groups is 1. The summed E-state index contributed by atoms with van der Waals surface area (Å²) in [4.78, 5) is 12.6. The van der Waals surface area contributed by atoms with Crippen molar-refractivity contribution < 1.29 is 14.3 Å². The van der Waals surface area contributed by atoms with Crippen LogP contribution in [0.3, 0.4) is 0 Å². The summed E-state index contributed by atoms with van der Waals surface area (Å²) < 4.78 is 13.5. The molecule has 0 radical (unpaired) electrons. The Labute approximate surface area is 221 Å². The van der Waals surface area contributed by atoms with Crippen molar-refractivity contribution in [1.82, 2.24) is 20.2 Å². The zero-order valence-corrected chi connectivity index (χ0v) is 22.3. The molecule has 0 bridgehead atoms. The first-order valence-corrected chi connectivity index (χ1v) is 12.7. The molecular formula is C26H24BrN5O3S. The fourth-order valence-electron chi connectivity index (χ4n) is 3.45. The van der Waals surface area contributed by atoms with E-state index in [9.17, 15) is 4.79 Å². The number of hydrogen-bond acceptors (Lipinski definition) is 7. The first kappa shape index (κ1) is 25.5. The van der Waals surface area contributed by atoms with Crippen molar-refractivity contribution >= 4 is 39.3 Å². The number of aromatic nitrogens is 3. The van der Waals surface area contributed by atoms with E-state index in [4.69, 9.17) is 9.47 Å². The lowest BCUT2D eigenvalue weighted by molar-refractivity contribution is -0.118. The van der Waals surface area contributed by atoms with E-state index < -0.39 is 0 Å². The number of para-hydroxylation sites is 1. The number of halogens is 1. The molecular weight excluding hydrogens is 542 g/mol. The highest BCUT2D eigenvalue weighted by molar-refractivity contribution is 9.10. The molecule has 4 aromatic rings. The van der Waals surface area contributed by atoms with Gasteiger partial charge in [0.1, 0.15) is 11.5 Å². The van der Waals surface area contributed by atoms with Gasteiger partial charge in [-0.05, 0) is 43.3 Å². The topological polar surface area (TPSA) is 90.6 Å². The van der Waals surface area contributed by atoms with Crippen LogP contribution in [0.1, 0.15) is 12.5 Å². The quantitative estimate of drug-likeness (QED) is 0.167. The third-order valence-electron chi connectivity index (χ3n) is 5.21. The van der Waals surface area contributed by atoms with Crippen LogP contribution >= 0.6 is 27.7 Å². The van der Waals surface area contributed by atoms with Crippen molar-refractivity contribution in [2.24, 2.45) is 5.10 Å². The molecule has 0 aliphatic carbocycles. The van der Waals surface area contributed by atoms with Crippen molar-refractivity contribution in [3.63, 3.8) is 0 Å². The Morgan fingerprint density at radius 3 is 2.56 bits per heavy atom. The average molecular weight is 566 g/mol. The first-order chi connectivity index (χ1) is 17.5. The third kappa shape index (κ3) is 5.95. The summed E-state index contributed by atoms with van der Waals surface area (Å²) in [6.07, 6.45) is 0. The van der Waals surface area contributed by atoms with Crippen LogP contribution in [0.2, 0.25) is 0 Å². The number of benzene rings is 3. The molecule has 3 aromatic carbocycles. The summed E-state index contributed by atoms with van der Waals surface area (Å²) in [6.45, 7) is 1.80. The summed E-state index contributed by atoms with van der Waals surface area (Å²) in [5.74, 6) is 1.81. The van der Waals surface area contributed by atoms with Crippen LogP contribution in [-0.4, -0.2) is 46.4 Å². The number of thioether (sulfide) groups is 1. The monoisotopic (exact) mass is 565 g/mol. The number of ether oxygens (including phenoxy) is 2. The fourth-order valence-corrected chi connectivity index (χ4v) is 4.60. The zero-order valence-electron chi connectivity index (χ0n) is 19.9. The van der Waals surface area contributed by atoms with Crippen molar-refractivity contribution in [1.29, 1.82) is 0 Å². The fraction of sp³-hybridized carbons (Fsp3) is 0.154. The summed E-state index contributed by atoms with van der Waals surface area (Å²) >= 11 is 4.80. The van der Waals surface area contributed by atoms with E-state index in [0.717, 1.165) is 21.3 Å². The Morgan fingerprint density at radius 1 is 1.03 bits per heavy atom. The summed E-state index contributed by atoms with van der Waals surface area (Å²) in [7, 11) is 3.17. The Hall–Kier alpha value is -3.63. The Morgan fingerprint density at radius 2 is 1.83 bits per heavy atom. The number of rotatable bonds is 9. The Balaban J connectivity index is 1.51. The van der Waals surface area contributed by atoms with Crippen LogP contribution in [0, 0.1) is 0 Å². The molecule has 0 saturated heterocycles. The molecule has 4 rings (SSSR count). The highest BCUT2D eigenvalue weighted by atomic mass is 79.9. The van der Waals surface area contributed by atoms with Crippen LogP contribution < -0.4 is 14.9 Å². The minimum Gasteiger partial charge on any atom is -0.497 e. The van der Waals surface area contributed by atoms with E-state index in [0.29, 0.717) is 28.2 Å². The average Bonchev–Trinajstić information content (AvgIpc) is 3.34. The lowest BCUT2D eigenvalue weighted by Gasteiger charge is -2.11. The van der Waals surface area contributed by atoms with Gasteiger partial charge in [0.15, 0.2) is 11.0 Å². The normalized spacial score (nSPS) is 11.3. The number of amides is 1. The summed E-state index contributed by atoms with van der Waals surface area (Å²) in [5.41, 5.74) is 5.79. The molecule has 36 heavy (non-hydrogen) atoms. The number of hydrazone groups is 1. The Bertz CT molecular complexity index is 1390. The first-order valence-electron chi connectivity index (χ1n) is 10.9. The van der Waals surface area contributed by atoms with Gasteiger partial charge < -0.3 is 9.47 Å². The van der Waals surface area contributed by atoms with Crippen molar-refractivity contribution in [3.8, 4) is 28.6 Å². The van der Waals surface area contributed by atoms with Gasteiger partial charge in [-0.15, -0.1) is 10.2 Å². The van der Waals surface area contributed by atoms with Crippen LogP contribution in [0.5, 0.6) is 11.5 Å². The van der Waals surface area contributed by atoms with E-state index in [1.54, 1.807) is 27.2 Å². The zero-order chi connectivity index (χ0) is 25.5. The minimum absolute atomic E-state index is 0.111. The molecule has 0 aliphatic heterocycles. The molecule has 0 saturated carbocycles. The van der Waals surface area contributed by atoms with Crippen molar-refractivity contribution in [2.45, 2.75) is 12.1 Å². The van der Waals surface area contributed by atoms with Crippen LogP contribution in [-0.2, 0) is 4.79 Å². The summed E-state index contributed by atoms with van der Waals surface area (Å²) in [5, 5.41) is 13.6. The van der Waals surface area contributed by atoms with Gasteiger partial charge in [-0.25, -0.2) is 5.43 Å². The standard InChI is InChI=1S/C26H24BrN5O3S/c1-17(22-13-12-21(34-2)15-23(22)35-3)28-29-24(33)16-36-26-31-30-25(18-8-7-9-19(27)14-18)32(26)20-10-5-4-6-11-20/h4-15H,16H2,1-3H3,(H,29,33)/b28-17+. The summed E-state index contributed by atoms with van der Waals surface area (Å²) in [6, 6.07) is 23.1. The van der Waals surface area contributed by atoms with Crippen LogP contribution in [0.4, 0.5) is 0 Å². The van der Waals surface area contributed by atoms with Gasteiger partial charge in [-0.1, -0.05) is 58.0 Å². The molecule has 0 atom stereocenters. The van der Waals surface area contributed by atoms with E-state index >= 15 is 0 Å². The van der Waals surface area contributed by atoms with Gasteiger partial charge in [0.25, 0.3) is 5.91 Å². The SMILES string of the molecule is COc1ccc(/C(C)=N/NC(=O)CSc2nnc(-c3cccc(Br)c3)n2-c2ccccc2)c(OC)c1. The molecule has 0 aliphatic rings. The minimum atomic E-state index is -0.265. The maximum atomic E-state index is 12.6. The van der Waals surface area contributed by atoms with Crippen molar-refractivity contribution in [2.75, 3.05) is 20.0 Å². The number of methoxy groups -OCH3 is 2. The maximum absolute atomic E-state index is 12.6. The second-order valence-electron chi connectivity index (χ2n) is 7.57. The van der Waals surface area contributed by atoms with Gasteiger partial charge in [0, 0.05) is 27.4 Å². The number of nitrogens with zero attached hydrogens (tertiary/aromatic N) is 4. The van der Waals surface area contributed by atoms with Gasteiger partial charge >= 0.3 is 0 Å². The van der Waals surface area contributed by atoms with Crippen LogP contribution in [0.15, 0.2) is 87.5 Å². The second-order valence-corrected chi connectivity index (χ2v) is 9.43. The Kier molecular flexibility index (Phi) is 8.40. The van der Waals surface area contributed by atoms with E-state index in [1.165, 1.54) is 11.8 Å². The lowest BCUT2D eigenvalue weighted by atomic mass is 10.1. The molecule has 8 nitrogen and oxygen atoms in total. The van der Waals surface area contributed by atoms with E-state index in [2.05, 4.69) is 36.7 Å². The van der Waals surface area contributed by atoms with Crippen molar-refractivity contribution in [3.05, 3.63) is 82.8 Å². The smallest absolute Gasteiger partial charge is 0.250 e. The number of carbonyl (C=O) groups excluding carboxylic acids is 1. The molecule has 1 amide bonds. The molecule has 10 heteroatoms. The van der Waals surface area contributed by atoms with Gasteiger partial charge in [-0.2, -0.15) is 5.10 Å². The highest BCUT2D eigenvalue weighted by Crippen LogP contribution is 2.29. The van der Waals surface area contributed by atoms with Gasteiger partial charge in [0.05, 0.1) is 25.7 Å². The van der Waals surface area contributed by atoms with Gasteiger partial charge in [0.2, 0.25) is 0 Å². The predicted molar refractivity (Wildman–Crippen MR) is 145 cm³/mol. The van der Waals surface area contributed by atoms with Gasteiger partial charge in [-0.3, -0.25) is 9.36 Å².